The first-order valence-corrected chi connectivity index (χ1v) is 5.36. The number of hydrogen-bond acceptors (Lipinski definition) is 1. The molecule has 0 aliphatic heterocycles. The molecule has 0 fully saturated rings. The minimum absolute atomic E-state index is 1.11. The Morgan fingerprint density at radius 2 is 2.20 bits per heavy atom. The van der Waals surface area contributed by atoms with Gasteiger partial charge < -0.3 is 5.32 Å². The molecule has 0 spiro atoms. The monoisotopic (exact) mass is 253 g/mol. The number of halogens is 1. The first-order valence-electron chi connectivity index (χ1n) is 3.84. The van der Waals surface area contributed by atoms with E-state index in [9.17, 15) is 0 Å². The highest BCUT2D eigenvalue weighted by molar-refractivity contribution is 14.1. The van der Waals surface area contributed by atoms with Gasteiger partial charge in [-0.1, -0.05) is 42.5 Å². The molecule has 0 saturated carbocycles. The molecule has 60 valence electrons. The van der Waals surface area contributed by atoms with E-state index in [4.69, 9.17) is 0 Å². The third kappa shape index (κ3) is 5.09. The summed E-state index contributed by atoms with van der Waals surface area (Å²) in [5.41, 5.74) is 1.39. The van der Waals surface area contributed by atoms with Gasteiger partial charge in [0.1, 0.15) is 0 Å². The molecule has 0 unspecified atom stereocenters. The van der Waals surface area contributed by atoms with E-state index in [2.05, 4.69) is 47.8 Å². The van der Waals surface area contributed by atoms with Crippen molar-refractivity contribution in [1.29, 1.82) is 0 Å². The maximum absolute atomic E-state index is 3.38. The van der Waals surface area contributed by atoms with Gasteiger partial charge in [-0.05, 0) is 12.8 Å². The zero-order valence-corrected chi connectivity index (χ0v) is 8.94. The lowest BCUT2D eigenvalue weighted by Gasteiger charge is -2.05. The predicted octanol–water partition coefficient (Wildman–Crippen LogP) is 2.71. The SMILES string of the molecule is CCCN/C(=C\CI)CC. The average molecular weight is 253 g/mol. The van der Waals surface area contributed by atoms with Crippen molar-refractivity contribution in [2.24, 2.45) is 0 Å². The van der Waals surface area contributed by atoms with Crippen LogP contribution in [0.2, 0.25) is 0 Å². The van der Waals surface area contributed by atoms with Gasteiger partial charge in [-0.2, -0.15) is 0 Å². The lowest BCUT2D eigenvalue weighted by Crippen LogP contribution is -2.13. The van der Waals surface area contributed by atoms with Crippen LogP contribution in [0.5, 0.6) is 0 Å². The zero-order chi connectivity index (χ0) is 7.82. The Hall–Kier alpha value is 0.270. The molecule has 0 aliphatic rings. The van der Waals surface area contributed by atoms with Crippen molar-refractivity contribution in [2.45, 2.75) is 26.7 Å². The van der Waals surface area contributed by atoms with Gasteiger partial charge in [-0.25, -0.2) is 0 Å². The molecular formula is C8H16IN. The van der Waals surface area contributed by atoms with Gasteiger partial charge in [0.15, 0.2) is 0 Å². The molecular weight excluding hydrogens is 237 g/mol. The summed E-state index contributed by atoms with van der Waals surface area (Å²) < 4.78 is 1.11. The average Bonchev–Trinajstić information content (AvgIpc) is 1.98. The van der Waals surface area contributed by atoms with Gasteiger partial charge >= 0.3 is 0 Å². The van der Waals surface area contributed by atoms with E-state index in [1.807, 2.05) is 0 Å². The van der Waals surface area contributed by atoms with Crippen LogP contribution < -0.4 is 5.32 Å². The number of alkyl halides is 1. The van der Waals surface area contributed by atoms with Gasteiger partial charge in [0.05, 0.1) is 0 Å². The van der Waals surface area contributed by atoms with Crippen LogP contribution in [0, 0.1) is 0 Å². The fourth-order valence-corrected chi connectivity index (χ4v) is 1.25. The van der Waals surface area contributed by atoms with E-state index in [-0.39, 0.29) is 0 Å². The van der Waals surface area contributed by atoms with E-state index >= 15 is 0 Å². The van der Waals surface area contributed by atoms with Crippen molar-refractivity contribution >= 4 is 22.6 Å². The largest absolute Gasteiger partial charge is 0.389 e. The summed E-state index contributed by atoms with van der Waals surface area (Å²) >= 11 is 2.36. The lowest BCUT2D eigenvalue weighted by molar-refractivity contribution is 0.741. The van der Waals surface area contributed by atoms with Gasteiger partial charge in [-0.15, -0.1) is 0 Å². The fourth-order valence-electron chi connectivity index (χ4n) is 0.720. The Balaban J connectivity index is 3.49. The van der Waals surface area contributed by atoms with Crippen molar-refractivity contribution in [1.82, 2.24) is 5.32 Å². The summed E-state index contributed by atoms with van der Waals surface area (Å²) in [5, 5.41) is 3.38. The molecule has 0 saturated heterocycles. The van der Waals surface area contributed by atoms with E-state index in [1.54, 1.807) is 0 Å². The summed E-state index contributed by atoms with van der Waals surface area (Å²) in [5.74, 6) is 0. The van der Waals surface area contributed by atoms with Crippen LogP contribution in [-0.2, 0) is 0 Å². The molecule has 10 heavy (non-hydrogen) atoms. The maximum atomic E-state index is 3.38. The maximum Gasteiger partial charge on any atom is 0.0195 e. The standard InChI is InChI=1S/C8H16IN/c1-3-7-10-8(4-2)5-6-9/h5,10H,3-4,6-7H2,1-2H3/b8-5-. The molecule has 0 radical (unpaired) electrons. The van der Waals surface area contributed by atoms with Crippen LogP contribution in [0.4, 0.5) is 0 Å². The molecule has 0 amide bonds. The molecule has 0 aliphatic carbocycles. The molecule has 0 aromatic carbocycles. The Bertz CT molecular complexity index is 99.4. The van der Waals surface area contributed by atoms with Gasteiger partial charge in [0.25, 0.3) is 0 Å². The molecule has 0 rings (SSSR count). The highest BCUT2D eigenvalue weighted by atomic mass is 127. The van der Waals surface area contributed by atoms with Crippen molar-refractivity contribution in [3.63, 3.8) is 0 Å². The van der Waals surface area contributed by atoms with Crippen LogP contribution in [0.1, 0.15) is 26.7 Å². The summed E-state index contributed by atoms with van der Waals surface area (Å²) in [6.07, 6.45) is 4.58. The Morgan fingerprint density at radius 1 is 1.50 bits per heavy atom. The van der Waals surface area contributed by atoms with Crippen LogP contribution in [0.25, 0.3) is 0 Å². The number of rotatable bonds is 5. The zero-order valence-electron chi connectivity index (χ0n) is 6.78. The van der Waals surface area contributed by atoms with Gasteiger partial charge in [-0.3, -0.25) is 0 Å². The highest BCUT2D eigenvalue weighted by Gasteiger charge is 1.88. The molecule has 2 heteroatoms. The van der Waals surface area contributed by atoms with Crippen molar-refractivity contribution < 1.29 is 0 Å². The lowest BCUT2D eigenvalue weighted by atomic mass is 10.3. The quantitative estimate of drug-likeness (QED) is 0.586. The summed E-state index contributed by atoms with van der Waals surface area (Å²) in [4.78, 5) is 0. The molecule has 0 aromatic heterocycles. The summed E-state index contributed by atoms with van der Waals surface area (Å²) in [6, 6.07) is 0. The first-order chi connectivity index (χ1) is 4.85. The van der Waals surface area contributed by atoms with Crippen molar-refractivity contribution in [3.8, 4) is 0 Å². The topological polar surface area (TPSA) is 12.0 Å². The van der Waals surface area contributed by atoms with Gasteiger partial charge in [0.2, 0.25) is 0 Å². The first kappa shape index (κ1) is 10.3. The normalized spacial score (nSPS) is 11.7. The molecule has 1 nitrogen and oxygen atoms in total. The summed E-state index contributed by atoms with van der Waals surface area (Å²) in [7, 11) is 0. The van der Waals surface area contributed by atoms with Crippen molar-refractivity contribution in [2.75, 3.05) is 11.0 Å². The second-order valence-corrected chi connectivity index (χ2v) is 3.04. The minimum atomic E-state index is 1.11. The van der Waals surface area contributed by atoms with E-state index < -0.39 is 0 Å². The molecule has 0 bridgehead atoms. The third-order valence-electron chi connectivity index (χ3n) is 1.31. The second kappa shape index (κ2) is 7.38. The third-order valence-corrected chi connectivity index (χ3v) is 1.75. The van der Waals surface area contributed by atoms with E-state index in [0.717, 1.165) is 17.4 Å². The molecule has 1 N–H and O–H groups in total. The Kier molecular flexibility index (Phi) is 7.58. The summed E-state index contributed by atoms with van der Waals surface area (Å²) in [6.45, 7) is 5.47. The smallest absolute Gasteiger partial charge is 0.0195 e. The predicted molar refractivity (Wildman–Crippen MR) is 55.6 cm³/mol. The molecule has 0 aromatic rings. The minimum Gasteiger partial charge on any atom is -0.389 e. The molecule has 0 atom stereocenters. The number of nitrogens with one attached hydrogen (secondary N) is 1. The number of allylic oxidation sites excluding steroid dienone is 2. The fraction of sp³-hybridized carbons (Fsp3) is 0.750. The molecule has 0 heterocycles. The van der Waals surface area contributed by atoms with Crippen LogP contribution in [0.15, 0.2) is 11.8 Å². The van der Waals surface area contributed by atoms with E-state index in [1.165, 1.54) is 12.1 Å². The van der Waals surface area contributed by atoms with Crippen LogP contribution in [-0.4, -0.2) is 11.0 Å². The Morgan fingerprint density at radius 3 is 2.60 bits per heavy atom. The Labute approximate surface area is 77.4 Å². The van der Waals surface area contributed by atoms with E-state index in [0.29, 0.717) is 0 Å². The van der Waals surface area contributed by atoms with Gasteiger partial charge in [0, 0.05) is 16.7 Å². The van der Waals surface area contributed by atoms with Crippen molar-refractivity contribution in [3.05, 3.63) is 11.8 Å². The highest BCUT2D eigenvalue weighted by Crippen LogP contribution is 1.97. The van der Waals surface area contributed by atoms with Crippen LogP contribution >= 0.6 is 22.6 Å². The van der Waals surface area contributed by atoms with Crippen LogP contribution in [0.3, 0.4) is 0 Å². The number of hydrogen-bond donors (Lipinski definition) is 1. The second-order valence-electron chi connectivity index (χ2n) is 2.16.